The van der Waals surface area contributed by atoms with E-state index in [2.05, 4.69) is 12.1 Å². The van der Waals surface area contributed by atoms with Gasteiger partial charge in [0.15, 0.2) is 6.10 Å². The number of allylic oxidation sites excluding steroid dienone is 3. The fourth-order valence-corrected chi connectivity index (χ4v) is 6.49. The monoisotopic (exact) mass is 464 g/mol. The maximum Gasteiger partial charge on any atom is 0.328 e. The quantitative estimate of drug-likeness (QED) is 0.430. The molecular formula is C28H32O6. The first kappa shape index (κ1) is 22.8. The first-order valence-electron chi connectivity index (χ1n) is 12.4. The zero-order chi connectivity index (χ0) is 23.8. The van der Waals surface area contributed by atoms with Crippen LogP contribution in [0.5, 0.6) is 0 Å². The van der Waals surface area contributed by atoms with Crippen LogP contribution in [0.3, 0.4) is 0 Å². The van der Waals surface area contributed by atoms with Crippen molar-refractivity contribution in [1.82, 2.24) is 0 Å². The van der Waals surface area contributed by atoms with E-state index in [0.29, 0.717) is 17.8 Å². The number of benzene rings is 1. The molecule has 1 saturated carbocycles. The molecule has 0 aromatic heterocycles. The van der Waals surface area contributed by atoms with E-state index in [1.807, 2.05) is 25.1 Å². The molecule has 0 spiro atoms. The SMILES string of the molecule is CC(CCCc1ccccc1)OC1=C2C=C(O)C(=CC(=O)O)CC2C2CCC[C@@H]3C(=O)O[C@H]1C23. The van der Waals surface area contributed by atoms with Gasteiger partial charge < -0.3 is 19.7 Å². The van der Waals surface area contributed by atoms with E-state index in [4.69, 9.17) is 9.47 Å². The highest BCUT2D eigenvalue weighted by atomic mass is 16.6. The minimum absolute atomic E-state index is 0.0200. The van der Waals surface area contributed by atoms with E-state index in [1.165, 1.54) is 5.56 Å². The normalized spacial score (nSPS) is 31.9. The second-order valence-electron chi connectivity index (χ2n) is 10.1. The number of esters is 1. The minimum Gasteiger partial charge on any atom is -0.508 e. The molecule has 2 N–H and O–H groups in total. The second-order valence-corrected chi connectivity index (χ2v) is 10.1. The van der Waals surface area contributed by atoms with Gasteiger partial charge in [-0.25, -0.2) is 4.79 Å². The van der Waals surface area contributed by atoms with Crippen LogP contribution in [0.1, 0.15) is 51.0 Å². The van der Waals surface area contributed by atoms with E-state index in [0.717, 1.165) is 50.2 Å². The summed E-state index contributed by atoms with van der Waals surface area (Å²) in [5.41, 5.74) is 2.60. The van der Waals surface area contributed by atoms with E-state index in [-0.39, 0.29) is 41.5 Å². The largest absolute Gasteiger partial charge is 0.508 e. The Morgan fingerprint density at radius 2 is 2.03 bits per heavy atom. The van der Waals surface area contributed by atoms with E-state index < -0.39 is 12.1 Å². The molecule has 0 radical (unpaired) electrons. The van der Waals surface area contributed by atoms with Crippen LogP contribution in [-0.4, -0.2) is 34.4 Å². The van der Waals surface area contributed by atoms with Gasteiger partial charge in [-0.1, -0.05) is 36.8 Å². The number of aliphatic carboxylic acids is 1. The Balaban J connectivity index is 1.42. The van der Waals surface area contributed by atoms with Crippen LogP contribution in [-0.2, 0) is 25.5 Å². The Morgan fingerprint density at radius 1 is 1.24 bits per heavy atom. The van der Waals surface area contributed by atoms with Crippen molar-refractivity contribution in [2.45, 2.75) is 64.1 Å². The molecule has 0 amide bonds. The summed E-state index contributed by atoms with van der Waals surface area (Å²) in [5.74, 6) is -0.422. The number of aliphatic hydroxyl groups excluding tert-OH is 1. The lowest BCUT2D eigenvalue weighted by atomic mass is 9.58. The molecule has 1 heterocycles. The molecule has 5 rings (SSSR count). The molecule has 6 atom stereocenters. The summed E-state index contributed by atoms with van der Waals surface area (Å²) < 4.78 is 12.4. The molecule has 1 saturated heterocycles. The predicted molar refractivity (Wildman–Crippen MR) is 126 cm³/mol. The molecule has 6 heteroatoms. The topological polar surface area (TPSA) is 93.1 Å². The van der Waals surface area contributed by atoms with Gasteiger partial charge in [0, 0.05) is 23.1 Å². The third-order valence-corrected chi connectivity index (χ3v) is 7.97. The van der Waals surface area contributed by atoms with Gasteiger partial charge in [0.25, 0.3) is 0 Å². The van der Waals surface area contributed by atoms with Gasteiger partial charge >= 0.3 is 11.9 Å². The van der Waals surface area contributed by atoms with Crippen molar-refractivity contribution < 1.29 is 29.3 Å². The lowest BCUT2D eigenvalue weighted by molar-refractivity contribution is -0.144. The van der Waals surface area contributed by atoms with Gasteiger partial charge in [0.2, 0.25) is 0 Å². The number of rotatable bonds is 7. The van der Waals surface area contributed by atoms with Gasteiger partial charge in [-0.3, -0.25) is 4.79 Å². The fraction of sp³-hybridized carbons (Fsp3) is 0.500. The highest BCUT2D eigenvalue weighted by molar-refractivity contribution is 5.82. The second kappa shape index (κ2) is 9.32. The van der Waals surface area contributed by atoms with Crippen molar-refractivity contribution in [3.63, 3.8) is 0 Å². The van der Waals surface area contributed by atoms with Gasteiger partial charge in [-0.15, -0.1) is 0 Å². The van der Waals surface area contributed by atoms with Gasteiger partial charge in [-0.05, 0) is 68.9 Å². The lowest BCUT2D eigenvalue weighted by Crippen LogP contribution is -2.44. The average molecular weight is 465 g/mol. The van der Waals surface area contributed by atoms with Crippen molar-refractivity contribution in [2.75, 3.05) is 0 Å². The van der Waals surface area contributed by atoms with Gasteiger partial charge in [-0.2, -0.15) is 0 Å². The summed E-state index contributed by atoms with van der Waals surface area (Å²) >= 11 is 0. The summed E-state index contributed by atoms with van der Waals surface area (Å²) in [4.78, 5) is 24.0. The highest BCUT2D eigenvalue weighted by Gasteiger charge is 2.58. The molecule has 1 aliphatic heterocycles. The van der Waals surface area contributed by atoms with Crippen molar-refractivity contribution >= 4 is 11.9 Å². The van der Waals surface area contributed by atoms with E-state index >= 15 is 0 Å². The van der Waals surface area contributed by atoms with Gasteiger partial charge in [0.05, 0.1) is 12.0 Å². The Morgan fingerprint density at radius 3 is 2.79 bits per heavy atom. The summed E-state index contributed by atoms with van der Waals surface area (Å²) in [6.45, 7) is 2.04. The third kappa shape index (κ3) is 4.26. The maximum absolute atomic E-state index is 12.7. The van der Waals surface area contributed by atoms with E-state index in [1.54, 1.807) is 6.08 Å². The van der Waals surface area contributed by atoms with Crippen LogP contribution in [0, 0.1) is 23.7 Å². The lowest BCUT2D eigenvalue weighted by Gasteiger charge is -2.46. The van der Waals surface area contributed by atoms with E-state index in [9.17, 15) is 19.8 Å². The Kier molecular flexibility index (Phi) is 6.24. The summed E-state index contributed by atoms with van der Waals surface area (Å²) in [6.07, 6.45) is 8.25. The van der Waals surface area contributed by atoms with Crippen LogP contribution < -0.4 is 0 Å². The first-order chi connectivity index (χ1) is 16.4. The van der Waals surface area contributed by atoms with Crippen molar-refractivity contribution in [3.05, 3.63) is 70.7 Å². The highest BCUT2D eigenvalue weighted by Crippen LogP contribution is 2.56. The molecule has 4 aliphatic rings. The predicted octanol–water partition coefficient (Wildman–Crippen LogP) is 5.11. The zero-order valence-corrected chi connectivity index (χ0v) is 19.5. The Labute approximate surface area is 200 Å². The first-order valence-corrected chi connectivity index (χ1v) is 12.4. The Bertz CT molecular complexity index is 1050. The number of carboxylic acids is 1. The number of carboxylic acid groups (broad SMARTS) is 1. The number of fused-ring (bicyclic) bond motifs is 2. The standard InChI is InChI=1S/C28H32O6/c1-16(7-5-10-17-8-3-2-4-9-17)33-26-22-15-23(29)18(14-24(30)31)13-21(22)19-11-6-12-20-25(19)27(26)34-28(20)32/h2-4,8-9,14-16,19-21,25,27,29H,5-7,10-13H2,1H3,(H,30,31)/t16?,19?,20-,21?,25?,27-/m0/s1. The number of aryl methyl sites for hydroxylation is 1. The summed E-state index contributed by atoms with van der Waals surface area (Å²) in [5, 5.41) is 19.9. The molecule has 180 valence electrons. The van der Waals surface area contributed by atoms with Crippen molar-refractivity contribution in [2.24, 2.45) is 23.7 Å². The van der Waals surface area contributed by atoms with Crippen LogP contribution >= 0.6 is 0 Å². The number of carbonyl (C=O) groups is 2. The molecule has 4 unspecified atom stereocenters. The van der Waals surface area contributed by atoms with Crippen LogP contribution in [0.25, 0.3) is 0 Å². The maximum atomic E-state index is 12.7. The molecular weight excluding hydrogens is 432 g/mol. The smallest absolute Gasteiger partial charge is 0.328 e. The number of carbonyl (C=O) groups excluding carboxylic acids is 1. The molecule has 3 aliphatic carbocycles. The van der Waals surface area contributed by atoms with Crippen LogP contribution in [0.2, 0.25) is 0 Å². The van der Waals surface area contributed by atoms with Crippen LogP contribution in [0.15, 0.2) is 65.1 Å². The number of ether oxygens (including phenoxy) is 2. The summed E-state index contributed by atoms with van der Waals surface area (Å²) in [7, 11) is 0. The molecule has 1 aromatic carbocycles. The zero-order valence-electron chi connectivity index (χ0n) is 19.5. The number of hydrogen-bond donors (Lipinski definition) is 2. The fourth-order valence-electron chi connectivity index (χ4n) is 6.49. The van der Waals surface area contributed by atoms with Gasteiger partial charge in [0.1, 0.15) is 11.5 Å². The average Bonchev–Trinajstić information content (AvgIpc) is 3.15. The Hall–Kier alpha value is -3.02. The molecule has 34 heavy (non-hydrogen) atoms. The third-order valence-electron chi connectivity index (χ3n) is 7.97. The van der Waals surface area contributed by atoms with Crippen molar-refractivity contribution in [3.8, 4) is 0 Å². The number of aliphatic hydroxyl groups is 1. The van der Waals surface area contributed by atoms with Crippen molar-refractivity contribution in [1.29, 1.82) is 0 Å². The molecule has 1 aromatic rings. The molecule has 0 bridgehead atoms. The number of hydrogen-bond acceptors (Lipinski definition) is 5. The molecule has 2 fully saturated rings. The summed E-state index contributed by atoms with van der Waals surface area (Å²) in [6, 6.07) is 10.4. The van der Waals surface area contributed by atoms with Crippen LogP contribution in [0.4, 0.5) is 0 Å². The molecule has 6 nitrogen and oxygen atoms in total. The minimum atomic E-state index is -1.07.